The first kappa shape index (κ1) is 9.57. The number of methoxy groups -OCH3 is 1. The molecule has 0 saturated heterocycles. The van der Waals surface area contributed by atoms with Gasteiger partial charge in [0.15, 0.2) is 5.75 Å². The van der Waals surface area contributed by atoms with Crippen LogP contribution < -0.4 is 14.2 Å². The molecule has 0 spiro atoms. The maximum absolute atomic E-state index is 10.8. The Morgan fingerprint density at radius 2 is 2.13 bits per heavy atom. The number of rotatable bonds is 2. The number of nitro groups is 1. The summed E-state index contributed by atoms with van der Waals surface area (Å²) in [5, 5.41) is 10.8. The van der Waals surface area contributed by atoms with Gasteiger partial charge in [0, 0.05) is 6.07 Å². The van der Waals surface area contributed by atoms with Gasteiger partial charge in [-0.1, -0.05) is 0 Å². The van der Waals surface area contributed by atoms with Gasteiger partial charge in [-0.2, -0.15) is 0 Å². The van der Waals surface area contributed by atoms with Crippen LogP contribution in [-0.4, -0.2) is 25.2 Å². The molecule has 0 fully saturated rings. The van der Waals surface area contributed by atoms with E-state index in [4.69, 9.17) is 14.2 Å². The summed E-state index contributed by atoms with van der Waals surface area (Å²) in [7, 11) is 1.44. The quantitative estimate of drug-likeness (QED) is 0.545. The molecule has 15 heavy (non-hydrogen) atoms. The number of nitrogens with zero attached hydrogens (tertiary/aromatic N) is 1. The van der Waals surface area contributed by atoms with Crippen molar-refractivity contribution < 1.29 is 19.1 Å². The van der Waals surface area contributed by atoms with E-state index in [2.05, 4.69) is 0 Å². The fourth-order valence-electron chi connectivity index (χ4n) is 1.36. The molecule has 0 N–H and O–H groups in total. The summed E-state index contributed by atoms with van der Waals surface area (Å²) in [4.78, 5) is 10.2. The molecule has 80 valence electrons. The summed E-state index contributed by atoms with van der Waals surface area (Å²) in [5.41, 5.74) is -0.135. The van der Waals surface area contributed by atoms with E-state index in [0.717, 1.165) is 0 Å². The van der Waals surface area contributed by atoms with Crippen LogP contribution in [0, 0.1) is 10.1 Å². The molecular formula is C9H9NO5. The van der Waals surface area contributed by atoms with Crippen molar-refractivity contribution in [2.24, 2.45) is 0 Å². The SMILES string of the molecule is COc1cc2c(c([N+](=O)[O-])c1)OCCO2. The van der Waals surface area contributed by atoms with Crippen molar-refractivity contribution in [3.8, 4) is 17.2 Å². The van der Waals surface area contributed by atoms with Crippen molar-refractivity contribution in [1.82, 2.24) is 0 Å². The average Bonchev–Trinajstić information content (AvgIpc) is 2.27. The minimum Gasteiger partial charge on any atom is -0.496 e. The third-order valence-electron chi connectivity index (χ3n) is 2.03. The zero-order valence-electron chi connectivity index (χ0n) is 8.06. The van der Waals surface area contributed by atoms with Crippen LogP contribution >= 0.6 is 0 Å². The van der Waals surface area contributed by atoms with E-state index in [0.29, 0.717) is 24.7 Å². The van der Waals surface area contributed by atoms with Gasteiger partial charge in [-0.3, -0.25) is 10.1 Å². The minimum atomic E-state index is -0.518. The van der Waals surface area contributed by atoms with Crippen LogP contribution in [0.1, 0.15) is 0 Å². The molecule has 1 aromatic carbocycles. The number of benzene rings is 1. The van der Waals surface area contributed by atoms with E-state index in [1.807, 2.05) is 0 Å². The second-order valence-corrected chi connectivity index (χ2v) is 2.93. The summed E-state index contributed by atoms with van der Waals surface area (Å²) in [6, 6.07) is 2.88. The molecule has 0 aromatic heterocycles. The molecule has 6 nitrogen and oxygen atoms in total. The van der Waals surface area contributed by atoms with Crippen molar-refractivity contribution in [3.63, 3.8) is 0 Å². The van der Waals surface area contributed by atoms with Gasteiger partial charge in [-0.15, -0.1) is 0 Å². The number of hydrogen-bond acceptors (Lipinski definition) is 5. The Balaban J connectivity index is 2.55. The van der Waals surface area contributed by atoms with Gasteiger partial charge in [-0.25, -0.2) is 0 Å². The van der Waals surface area contributed by atoms with Crippen molar-refractivity contribution in [3.05, 3.63) is 22.2 Å². The van der Waals surface area contributed by atoms with Crippen LogP contribution in [-0.2, 0) is 0 Å². The minimum absolute atomic E-state index is 0.135. The lowest BCUT2D eigenvalue weighted by atomic mass is 10.2. The van der Waals surface area contributed by atoms with Crippen LogP contribution in [0.25, 0.3) is 0 Å². The van der Waals surface area contributed by atoms with Crippen LogP contribution in [0.3, 0.4) is 0 Å². The smallest absolute Gasteiger partial charge is 0.318 e. The van der Waals surface area contributed by atoms with E-state index < -0.39 is 4.92 Å². The molecule has 0 bridgehead atoms. The summed E-state index contributed by atoms with van der Waals surface area (Å²) < 4.78 is 15.4. The average molecular weight is 211 g/mol. The number of ether oxygens (including phenoxy) is 3. The van der Waals surface area contributed by atoms with Gasteiger partial charge in [0.1, 0.15) is 19.0 Å². The molecular weight excluding hydrogens is 202 g/mol. The van der Waals surface area contributed by atoms with E-state index in [1.54, 1.807) is 6.07 Å². The predicted octanol–water partition coefficient (Wildman–Crippen LogP) is 1.37. The molecule has 0 aliphatic carbocycles. The normalized spacial score (nSPS) is 13.4. The lowest BCUT2D eigenvalue weighted by molar-refractivity contribution is -0.386. The topological polar surface area (TPSA) is 70.8 Å². The molecule has 6 heteroatoms. The first-order valence-corrected chi connectivity index (χ1v) is 4.34. The summed E-state index contributed by atoms with van der Waals surface area (Å²) in [5.74, 6) is 0.908. The van der Waals surface area contributed by atoms with E-state index >= 15 is 0 Å². The fraction of sp³-hybridized carbons (Fsp3) is 0.333. The highest BCUT2D eigenvalue weighted by Crippen LogP contribution is 2.42. The van der Waals surface area contributed by atoms with Crippen molar-refractivity contribution in [2.45, 2.75) is 0 Å². The lowest BCUT2D eigenvalue weighted by Gasteiger charge is -2.18. The third-order valence-corrected chi connectivity index (χ3v) is 2.03. The maximum atomic E-state index is 10.8. The van der Waals surface area contributed by atoms with Gasteiger partial charge in [0.25, 0.3) is 0 Å². The first-order chi connectivity index (χ1) is 7.22. The molecule has 1 aromatic rings. The number of nitro benzene ring substituents is 1. The molecule has 1 heterocycles. The summed E-state index contributed by atoms with van der Waals surface area (Å²) in [6.45, 7) is 0.706. The van der Waals surface area contributed by atoms with Crippen molar-refractivity contribution in [1.29, 1.82) is 0 Å². The Hall–Kier alpha value is -1.98. The Morgan fingerprint density at radius 3 is 2.80 bits per heavy atom. The molecule has 0 amide bonds. The first-order valence-electron chi connectivity index (χ1n) is 4.34. The van der Waals surface area contributed by atoms with Crippen LogP contribution in [0.4, 0.5) is 5.69 Å². The van der Waals surface area contributed by atoms with Gasteiger partial charge < -0.3 is 14.2 Å². The van der Waals surface area contributed by atoms with Crippen molar-refractivity contribution in [2.75, 3.05) is 20.3 Å². The Kier molecular flexibility index (Phi) is 2.32. The zero-order valence-corrected chi connectivity index (χ0v) is 8.06. The lowest BCUT2D eigenvalue weighted by Crippen LogP contribution is -2.16. The van der Waals surface area contributed by atoms with Crippen LogP contribution in [0.15, 0.2) is 12.1 Å². The van der Waals surface area contributed by atoms with Gasteiger partial charge in [0.05, 0.1) is 18.1 Å². The summed E-state index contributed by atoms with van der Waals surface area (Å²) >= 11 is 0. The van der Waals surface area contributed by atoms with Gasteiger partial charge in [0.2, 0.25) is 5.75 Å². The highest BCUT2D eigenvalue weighted by Gasteiger charge is 2.25. The molecule has 1 aliphatic heterocycles. The molecule has 1 aliphatic rings. The Morgan fingerprint density at radius 1 is 1.40 bits per heavy atom. The second kappa shape index (κ2) is 3.64. The maximum Gasteiger partial charge on any atom is 0.318 e. The third kappa shape index (κ3) is 1.65. The van der Waals surface area contributed by atoms with Gasteiger partial charge >= 0.3 is 5.69 Å². The monoisotopic (exact) mass is 211 g/mol. The molecule has 0 unspecified atom stereocenters. The number of fused-ring (bicyclic) bond motifs is 1. The molecule has 0 saturated carbocycles. The van der Waals surface area contributed by atoms with E-state index in [9.17, 15) is 10.1 Å². The molecule has 0 radical (unpaired) electrons. The standard InChI is InChI=1S/C9H9NO5/c1-13-6-4-7(10(11)12)9-8(5-6)14-2-3-15-9/h4-5H,2-3H2,1H3. The largest absolute Gasteiger partial charge is 0.496 e. The highest BCUT2D eigenvalue weighted by molar-refractivity contribution is 5.60. The Bertz CT molecular complexity index is 404. The molecule has 2 rings (SSSR count). The Labute approximate surface area is 85.5 Å². The predicted molar refractivity (Wildman–Crippen MR) is 50.6 cm³/mol. The van der Waals surface area contributed by atoms with Crippen molar-refractivity contribution >= 4 is 5.69 Å². The molecule has 0 atom stereocenters. The van der Waals surface area contributed by atoms with Crippen LogP contribution in [0.5, 0.6) is 17.2 Å². The van der Waals surface area contributed by atoms with E-state index in [-0.39, 0.29) is 11.4 Å². The van der Waals surface area contributed by atoms with Gasteiger partial charge in [-0.05, 0) is 0 Å². The highest BCUT2D eigenvalue weighted by atomic mass is 16.6. The summed E-state index contributed by atoms with van der Waals surface area (Å²) in [6.07, 6.45) is 0. The van der Waals surface area contributed by atoms with E-state index in [1.165, 1.54) is 13.2 Å². The second-order valence-electron chi connectivity index (χ2n) is 2.93. The zero-order chi connectivity index (χ0) is 10.8. The fourth-order valence-corrected chi connectivity index (χ4v) is 1.36. The number of hydrogen-bond donors (Lipinski definition) is 0. The van der Waals surface area contributed by atoms with Crippen LogP contribution in [0.2, 0.25) is 0 Å².